The maximum Gasteiger partial charge on any atom is 0.320 e. The van der Waals surface area contributed by atoms with Gasteiger partial charge in [-0.3, -0.25) is 10.3 Å². The molecule has 0 atom stereocenters. The van der Waals surface area contributed by atoms with Gasteiger partial charge in [0.15, 0.2) is 11.5 Å². The predicted molar refractivity (Wildman–Crippen MR) is 78.9 cm³/mol. The summed E-state index contributed by atoms with van der Waals surface area (Å²) in [6.07, 6.45) is 7.50. The highest BCUT2D eigenvalue weighted by atomic mass is 16.2. The number of H-pyrrole nitrogens is 1. The van der Waals surface area contributed by atoms with Gasteiger partial charge in [0.25, 0.3) is 0 Å². The molecule has 3 heterocycles. The predicted octanol–water partition coefficient (Wildman–Crippen LogP) is 1.72. The second-order valence-electron chi connectivity index (χ2n) is 4.46. The molecule has 7 heteroatoms. The van der Waals surface area contributed by atoms with E-state index in [2.05, 4.69) is 30.6 Å². The number of nitrogens with zero attached hydrogens (tertiary/aromatic N) is 3. The van der Waals surface area contributed by atoms with Gasteiger partial charge in [-0.05, 0) is 24.1 Å². The van der Waals surface area contributed by atoms with Crippen LogP contribution in [0.4, 0.5) is 10.6 Å². The van der Waals surface area contributed by atoms with Gasteiger partial charge in [-0.2, -0.15) is 0 Å². The summed E-state index contributed by atoms with van der Waals surface area (Å²) < 4.78 is 0. The number of aromatic amines is 1. The Balaban J connectivity index is 1.51. The molecule has 0 aliphatic rings. The smallest absolute Gasteiger partial charge is 0.320 e. The Morgan fingerprint density at radius 1 is 1.29 bits per heavy atom. The molecule has 0 fully saturated rings. The van der Waals surface area contributed by atoms with Crippen LogP contribution in [0.25, 0.3) is 11.2 Å². The van der Waals surface area contributed by atoms with E-state index in [1.807, 2.05) is 12.1 Å². The monoisotopic (exact) mass is 282 g/mol. The van der Waals surface area contributed by atoms with Gasteiger partial charge in [-0.1, -0.05) is 6.07 Å². The van der Waals surface area contributed by atoms with E-state index < -0.39 is 0 Å². The average molecular weight is 282 g/mol. The summed E-state index contributed by atoms with van der Waals surface area (Å²) in [5.41, 5.74) is 2.48. The van der Waals surface area contributed by atoms with Crippen LogP contribution < -0.4 is 10.6 Å². The minimum Gasteiger partial charge on any atom is -0.345 e. The third kappa shape index (κ3) is 3.33. The van der Waals surface area contributed by atoms with Crippen molar-refractivity contribution in [2.75, 3.05) is 11.9 Å². The molecular weight excluding hydrogens is 268 g/mol. The number of pyridine rings is 1. The van der Waals surface area contributed by atoms with Crippen LogP contribution in [0.1, 0.15) is 5.56 Å². The molecule has 0 saturated heterocycles. The molecule has 3 N–H and O–H groups in total. The number of hydrogen-bond acceptors (Lipinski definition) is 4. The number of amides is 2. The Morgan fingerprint density at radius 2 is 2.24 bits per heavy atom. The fourth-order valence-electron chi connectivity index (χ4n) is 1.92. The van der Waals surface area contributed by atoms with Gasteiger partial charge >= 0.3 is 6.03 Å². The summed E-state index contributed by atoms with van der Waals surface area (Å²) in [5, 5.41) is 5.43. The summed E-state index contributed by atoms with van der Waals surface area (Å²) in [4.78, 5) is 27.2. The maximum absolute atomic E-state index is 11.8. The van der Waals surface area contributed by atoms with Crippen molar-refractivity contribution in [3.8, 4) is 0 Å². The topological polar surface area (TPSA) is 95.6 Å². The van der Waals surface area contributed by atoms with Gasteiger partial charge in [0, 0.05) is 25.1 Å². The van der Waals surface area contributed by atoms with Crippen LogP contribution >= 0.6 is 0 Å². The van der Waals surface area contributed by atoms with Crippen LogP contribution in [-0.4, -0.2) is 32.5 Å². The average Bonchev–Trinajstić information content (AvgIpc) is 2.96. The van der Waals surface area contributed by atoms with Gasteiger partial charge < -0.3 is 10.3 Å². The fraction of sp³-hybridized carbons (Fsp3) is 0.143. The lowest BCUT2D eigenvalue weighted by molar-refractivity contribution is 0.252. The molecule has 0 bridgehead atoms. The van der Waals surface area contributed by atoms with E-state index in [9.17, 15) is 4.79 Å². The molecule has 0 aliphatic heterocycles. The number of anilines is 1. The van der Waals surface area contributed by atoms with Gasteiger partial charge in [-0.15, -0.1) is 0 Å². The van der Waals surface area contributed by atoms with Crippen molar-refractivity contribution in [2.24, 2.45) is 0 Å². The Morgan fingerprint density at radius 3 is 3.10 bits per heavy atom. The van der Waals surface area contributed by atoms with E-state index in [0.717, 1.165) is 12.0 Å². The number of nitrogens with one attached hydrogen (secondary N) is 3. The molecule has 3 aromatic heterocycles. The Kier molecular flexibility index (Phi) is 3.72. The Hall–Kier alpha value is -2.96. The molecule has 21 heavy (non-hydrogen) atoms. The van der Waals surface area contributed by atoms with Gasteiger partial charge in [0.2, 0.25) is 0 Å². The lowest BCUT2D eigenvalue weighted by Gasteiger charge is -2.06. The highest BCUT2D eigenvalue weighted by molar-refractivity contribution is 5.89. The van der Waals surface area contributed by atoms with Crippen LogP contribution in [0.5, 0.6) is 0 Å². The molecule has 0 saturated carbocycles. The molecular formula is C14H14N6O. The molecule has 7 nitrogen and oxygen atoms in total. The van der Waals surface area contributed by atoms with E-state index in [4.69, 9.17) is 0 Å². The molecule has 106 valence electrons. The zero-order valence-electron chi connectivity index (χ0n) is 11.2. The summed E-state index contributed by atoms with van der Waals surface area (Å²) in [5.74, 6) is 0.418. The van der Waals surface area contributed by atoms with Crippen LogP contribution in [0.3, 0.4) is 0 Å². The lowest BCUT2D eigenvalue weighted by Crippen LogP contribution is -2.30. The summed E-state index contributed by atoms with van der Waals surface area (Å²) >= 11 is 0. The fourth-order valence-corrected chi connectivity index (χ4v) is 1.92. The van der Waals surface area contributed by atoms with E-state index >= 15 is 0 Å². The van der Waals surface area contributed by atoms with Crippen molar-refractivity contribution in [1.29, 1.82) is 0 Å². The normalized spacial score (nSPS) is 10.5. The SMILES string of the molecule is O=C(NCCc1cccnc1)Nc1cnc2[nH]ccc2n1. The van der Waals surface area contributed by atoms with E-state index in [0.29, 0.717) is 23.5 Å². The van der Waals surface area contributed by atoms with E-state index in [-0.39, 0.29) is 6.03 Å². The van der Waals surface area contributed by atoms with Crippen molar-refractivity contribution >= 4 is 23.0 Å². The molecule has 0 aromatic carbocycles. The minimum absolute atomic E-state index is 0.303. The zero-order valence-corrected chi connectivity index (χ0v) is 11.2. The van der Waals surface area contributed by atoms with Gasteiger partial charge in [-0.25, -0.2) is 14.8 Å². The third-order valence-electron chi connectivity index (χ3n) is 2.92. The number of rotatable bonds is 4. The first-order valence-corrected chi connectivity index (χ1v) is 6.55. The molecule has 3 rings (SSSR count). The molecule has 0 unspecified atom stereocenters. The lowest BCUT2D eigenvalue weighted by atomic mass is 10.2. The number of aromatic nitrogens is 4. The zero-order chi connectivity index (χ0) is 14.5. The summed E-state index contributed by atoms with van der Waals surface area (Å²) in [6.45, 7) is 0.525. The second kappa shape index (κ2) is 6.00. The highest BCUT2D eigenvalue weighted by Crippen LogP contribution is 2.09. The maximum atomic E-state index is 11.8. The van der Waals surface area contributed by atoms with Crippen molar-refractivity contribution in [3.05, 3.63) is 48.5 Å². The number of hydrogen-bond donors (Lipinski definition) is 3. The number of fused-ring (bicyclic) bond motifs is 1. The van der Waals surface area contributed by atoms with Crippen LogP contribution in [-0.2, 0) is 6.42 Å². The molecule has 0 radical (unpaired) electrons. The summed E-state index contributed by atoms with van der Waals surface area (Å²) in [7, 11) is 0. The van der Waals surface area contributed by atoms with E-state index in [1.54, 1.807) is 24.7 Å². The Bertz CT molecular complexity index is 739. The van der Waals surface area contributed by atoms with Crippen molar-refractivity contribution < 1.29 is 4.79 Å². The third-order valence-corrected chi connectivity index (χ3v) is 2.92. The van der Waals surface area contributed by atoms with Crippen molar-refractivity contribution in [3.63, 3.8) is 0 Å². The number of urea groups is 1. The molecule has 0 aliphatic carbocycles. The highest BCUT2D eigenvalue weighted by Gasteiger charge is 2.04. The van der Waals surface area contributed by atoms with Crippen LogP contribution in [0.2, 0.25) is 0 Å². The standard InChI is InChI=1S/C14H14N6O/c21-14(17-6-3-10-2-1-5-15-8-10)20-12-9-18-13-11(19-12)4-7-16-13/h1-2,4-5,7-9H,3,6H2,(H,16,18)(H2,17,19,20,21). The van der Waals surface area contributed by atoms with Crippen molar-refractivity contribution in [2.45, 2.75) is 6.42 Å². The first-order valence-electron chi connectivity index (χ1n) is 6.55. The van der Waals surface area contributed by atoms with Gasteiger partial charge in [0.05, 0.1) is 6.20 Å². The van der Waals surface area contributed by atoms with Gasteiger partial charge in [0.1, 0.15) is 5.52 Å². The van der Waals surface area contributed by atoms with E-state index in [1.165, 1.54) is 6.20 Å². The second-order valence-corrected chi connectivity index (χ2v) is 4.46. The molecule has 3 aromatic rings. The van der Waals surface area contributed by atoms with Crippen LogP contribution in [0.15, 0.2) is 43.0 Å². The number of carbonyl (C=O) groups excluding carboxylic acids is 1. The largest absolute Gasteiger partial charge is 0.345 e. The van der Waals surface area contributed by atoms with Crippen LogP contribution in [0, 0.1) is 0 Å². The first kappa shape index (κ1) is 13.0. The molecule has 0 spiro atoms. The quantitative estimate of drug-likeness (QED) is 0.679. The molecule has 2 amide bonds. The number of carbonyl (C=O) groups is 1. The van der Waals surface area contributed by atoms with Crippen molar-refractivity contribution in [1.82, 2.24) is 25.3 Å². The minimum atomic E-state index is -0.303. The first-order chi connectivity index (χ1) is 10.3. The Labute approximate surface area is 120 Å². The summed E-state index contributed by atoms with van der Waals surface area (Å²) in [6, 6.07) is 5.34.